The van der Waals surface area contributed by atoms with Gasteiger partial charge in [0.15, 0.2) is 0 Å². The van der Waals surface area contributed by atoms with Gasteiger partial charge in [0.25, 0.3) is 0 Å². The van der Waals surface area contributed by atoms with E-state index in [1.807, 2.05) is 24.3 Å². The van der Waals surface area contributed by atoms with Crippen molar-refractivity contribution in [2.24, 2.45) is 0 Å². The van der Waals surface area contributed by atoms with Gasteiger partial charge < -0.3 is 5.32 Å². The SMILES string of the molecule is O=Cc1ccc(NCc2ccc(Cl)c(Cl)c2)cc1. The topological polar surface area (TPSA) is 29.1 Å². The number of benzene rings is 2. The summed E-state index contributed by atoms with van der Waals surface area (Å²) in [5.74, 6) is 0. The summed E-state index contributed by atoms with van der Waals surface area (Å²) in [6, 6.07) is 12.8. The van der Waals surface area contributed by atoms with Crippen LogP contribution in [0.5, 0.6) is 0 Å². The predicted octanol–water partition coefficient (Wildman–Crippen LogP) is 4.42. The first kappa shape index (κ1) is 12.9. The molecule has 0 aliphatic rings. The molecule has 0 heterocycles. The minimum atomic E-state index is 0.548. The third-order valence-electron chi connectivity index (χ3n) is 2.53. The van der Waals surface area contributed by atoms with Crippen LogP contribution in [-0.4, -0.2) is 6.29 Å². The molecule has 0 unspecified atom stereocenters. The van der Waals surface area contributed by atoms with E-state index in [4.69, 9.17) is 23.2 Å². The summed E-state index contributed by atoms with van der Waals surface area (Å²) in [6.07, 6.45) is 0.822. The van der Waals surface area contributed by atoms with Gasteiger partial charge in [0.05, 0.1) is 10.0 Å². The fourth-order valence-electron chi connectivity index (χ4n) is 1.53. The molecule has 2 rings (SSSR count). The largest absolute Gasteiger partial charge is 0.381 e. The highest BCUT2D eigenvalue weighted by Crippen LogP contribution is 2.23. The second kappa shape index (κ2) is 5.89. The van der Waals surface area contributed by atoms with E-state index in [9.17, 15) is 4.79 Å². The molecular weight excluding hydrogens is 269 g/mol. The molecular formula is C14H11Cl2NO. The Morgan fingerprint density at radius 1 is 1.00 bits per heavy atom. The number of hydrogen-bond acceptors (Lipinski definition) is 2. The van der Waals surface area contributed by atoms with Crippen molar-refractivity contribution < 1.29 is 4.79 Å². The van der Waals surface area contributed by atoms with Gasteiger partial charge in [-0.15, -0.1) is 0 Å². The zero-order chi connectivity index (χ0) is 13.0. The van der Waals surface area contributed by atoms with Crippen LogP contribution in [0.4, 0.5) is 5.69 Å². The Morgan fingerprint density at radius 3 is 2.33 bits per heavy atom. The van der Waals surface area contributed by atoms with E-state index in [2.05, 4.69) is 5.32 Å². The highest BCUT2D eigenvalue weighted by Gasteiger charge is 1.99. The van der Waals surface area contributed by atoms with E-state index in [0.29, 0.717) is 22.2 Å². The van der Waals surface area contributed by atoms with E-state index in [1.54, 1.807) is 18.2 Å². The van der Waals surface area contributed by atoms with Gasteiger partial charge in [0, 0.05) is 17.8 Å². The molecule has 0 aliphatic carbocycles. The summed E-state index contributed by atoms with van der Waals surface area (Å²) in [6.45, 7) is 0.650. The normalized spacial score (nSPS) is 10.1. The lowest BCUT2D eigenvalue weighted by Gasteiger charge is -2.07. The Labute approximate surface area is 116 Å². The average Bonchev–Trinajstić information content (AvgIpc) is 2.41. The Balaban J connectivity index is 2.01. The minimum Gasteiger partial charge on any atom is -0.381 e. The van der Waals surface area contributed by atoms with Crippen molar-refractivity contribution in [1.29, 1.82) is 0 Å². The van der Waals surface area contributed by atoms with Crippen molar-refractivity contribution in [3.8, 4) is 0 Å². The van der Waals surface area contributed by atoms with Crippen molar-refractivity contribution in [2.75, 3.05) is 5.32 Å². The van der Waals surface area contributed by atoms with Crippen LogP contribution in [0.3, 0.4) is 0 Å². The summed E-state index contributed by atoms with van der Waals surface area (Å²) in [7, 11) is 0. The Hall–Kier alpha value is -1.51. The molecule has 18 heavy (non-hydrogen) atoms. The predicted molar refractivity (Wildman–Crippen MR) is 75.6 cm³/mol. The maximum atomic E-state index is 10.5. The first-order valence-corrected chi connectivity index (χ1v) is 6.17. The van der Waals surface area contributed by atoms with Crippen LogP contribution in [0, 0.1) is 0 Å². The number of rotatable bonds is 4. The van der Waals surface area contributed by atoms with Gasteiger partial charge >= 0.3 is 0 Å². The van der Waals surface area contributed by atoms with Gasteiger partial charge in [0.1, 0.15) is 6.29 Å². The molecule has 0 saturated heterocycles. The molecule has 2 nitrogen and oxygen atoms in total. The third kappa shape index (κ3) is 3.25. The van der Waals surface area contributed by atoms with Crippen molar-refractivity contribution in [1.82, 2.24) is 0 Å². The molecule has 0 bridgehead atoms. The first-order valence-electron chi connectivity index (χ1n) is 5.42. The number of hydrogen-bond donors (Lipinski definition) is 1. The fraction of sp³-hybridized carbons (Fsp3) is 0.0714. The van der Waals surface area contributed by atoms with E-state index < -0.39 is 0 Å². The van der Waals surface area contributed by atoms with Crippen LogP contribution in [0.15, 0.2) is 42.5 Å². The number of anilines is 1. The van der Waals surface area contributed by atoms with Gasteiger partial charge in [-0.1, -0.05) is 29.3 Å². The summed E-state index contributed by atoms with van der Waals surface area (Å²) in [4.78, 5) is 10.5. The van der Waals surface area contributed by atoms with Gasteiger partial charge in [-0.3, -0.25) is 4.79 Å². The smallest absolute Gasteiger partial charge is 0.150 e. The van der Waals surface area contributed by atoms with E-state index >= 15 is 0 Å². The molecule has 0 aliphatic heterocycles. The Morgan fingerprint density at radius 2 is 1.72 bits per heavy atom. The van der Waals surface area contributed by atoms with E-state index in [0.717, 1.165) is 17.5 Å². The third-order valence-corrected chi connectivity index (χ3v) is 3.27. The lowest BCUT2D eigenvalue weighted by Crippen LogP contribution is -1.99. The molecule has 2 aromatic rings. The molecule has 92 valence electrons. The van der Waals surface area contributed by atoms with Gasteiger partial charge in [-0.05, 0) is 42.0 Å². The Kier molecular flexibility index (Phi) is 4.24. The van der Waals surface area contributed by atoms with Crippen molar-refractivity contribution >= 4 is 35.2 Å². The quantitative estimate of drug-likeness (QED) is 0.840. The Bertz CT molecular complexity index is 552. The van der Waals surface area contributed by atoms with Crippen molar-refractivity contribution in [3.63, 3.8) is 0 Å². The van der Waals surface area contributed by atoms with Crippen molar-refractivity contribution in [3.05, 3.63) is 63.6 Å². The summed E-state index contributed by atoms with van der Waals surface area (Å²) in [5, 5.41) is 4.34. The van der Waals surface area contributed by atoms with Crippen LogP contribution in [0.25, 0.3) is 0 Å². The van der Waals surface area contributed by atoms with Crippen LogP contribution < -0.4 is 5.32 Å². The second-order valence-electron chi connectivity index (χ2n) is 3.84. The highest BCUT2D eigenvalue weighted by atomic mass is 35.5. The number of halogens is 2. The molecule has 0 aromatic heterocycles. The standard InChI is InChI=1S/C14H11Cl2NO/c15-13-6-3-11(7-14(13)16)8-17-12-4-1-10(9-18)2-5-12/h1-7,9,17H,8H2. The monoisotopic (exact) mass is 279 g/mol. The van der Waals surface area contributed by atoms with Gasteiger partial charge in [-0.25, -0.2) is 0 Å². The molecule has 0 radical (unpaired) electrons. The van der Waals surface area contributed by atoms with Gasteiger partial charge in [-0.2, -0.15) is 0 Å². The zero-order valence-electron chi connectivity index (χ0n) is 9.49. The van der Waals surface area contributed by atoms with Crippen LogP contribution in [-0.2, 0) is 6.54 Å². The molecule has 0 amide bonds. The minimum absolute atomic E-state index is 0.548. The maximum Gasteiger partial charge on any atom is 0.150 e. The molecule has 0 saturated carbocycles. The first-order chi connectivity index (χ1) is 8.69. The van der Waals surface area contributed by atoms with Gasteiger partial charge in [0.2, 0.25) is 0 Å². The summed E-state index contributed by atoms with van der Waals surface area (Å²) < 4.78 is 0. The number of nitrogens with one attached hydrogen (secondary N) is 1. The van der Waals surface area contributed by atoms with Crippen molar-refractivity contribution in [2.45, 2.75) is 6.54 Å². The second-order valence-corrected chi connectivity index (χ2v) is 4.66. The maximum absolute atomic E-state index is 10.5. The molecule has 2 aromatic carbocycles. The molecule has 0 fully saturated rings. The zero-order valence-corrected chi connectivity index (χ0v) is 11.0. The molecule has 4 heteroatoms. The number of carbonyl (C=O) groups is 1. The molecule has 0 spiro atoms. The van der Waals surface area contributed by atoms with Crippen LogP contribution >= 0.6 is 23.2 Å². The lowest BCUT2D eigenvalue weighted by molar-refractivity contribution is 0.112. The van der Waals surface area contributed by atoms with Crippen LogP contribution in [0.2, 0.25) is 10.0 Å². The van der Waals surface area contributed by atoms with Crippen LogP contribution in [0.1, 0.15) is 15.9 Å². The fourth-order valence-corrected chi connectivity index (χ4v) is 1.85. The van der Waals surface area contributed by atoms with E-state index in [-0.39, 0.29) is 0 Å². The highest BCUT2D eigenvalue weighted by molar-refractivity contribution is 6.42. The molecule has 1 N–H and O–H groups in total. The lowest BCUT2D eigenvalue weighted by atomic mass is 10.2. The summed E-state index contributed by atoms with van der Waals surface area (Å²) in [5.41, 5.74) is 2.66. The number of carbonyl (C=O) groups excluding carboxylic acids is 1. The number of aldehydes is 1. The molecule has 0 atom stereocenters. The van der Waals surface area contributed by atoms with E-state index in [1.165, 1.54) is 0 Å². The summed E-state index contributed by atoms with van der Waals surface area (Å²) >= 11 is 11.8. The average molecular weight is 280 g/mol.